The van der Waals surface area contributed by atoms with Crippen LogP contribution in [0.3, 0.4) is 0 Å². The largest absolute Gasteiger partial charge is 0.373 e. The fourth-order valence-corrected chi connectivity index (χ4v) is 0.441. The van der Waals surface area contributed by atoms with Crippen molar-refractivity contribution in [2.24, 2.45) is 0 Å². The van der Waals surface area contributed by atoms with Crippen molar-refractivity contribution in [2.45, 2.75) is 20.0 Å². The summed E-state index contributed by atoms with van der Waals surface area (Å²) in [6.45, 7) is 7.84. The molecule has 0 aliphatic carbocycles. The van der Waals surface area contributed by atoms with E-state index < -0.39 is 0 Å². The molecule has 0 aliphatic heterocycles. The van der Waals surface area contributed by atoms with Gasteiger partial charge in [0.15, 0.2) is 0 Å². The highest BCUT2D eigenvalue weighted by atomic mass is 16.5. The van der Waals surface area contributed by atoms with E-state index in [9.17, 15) is 0 Å². The topological polar surface area (TPSA) is 33.0 Å². The van der Waals surface area contributed by atoms with Gasteiger partial charge in [-0.2, -0.15) is 5.26 Å². The van der Waals surface area contributed by atoms with Gasteiger partial charge in [0, 0.05) is 6.61 Å². The molecule has 0 rings (SSSR count). The summed E-state index contributed by atoms with van der Waals surface area (Å²) in [4.78, 5) is 0. The lowest BCUT2D eigenvalue weighted by atomic mass is 10.2. The monoisotopic (exact) mass is 125 g/mol. The van der Waals surface area contributed by atoms with Crippen molar-refractivity contribution in [2.75, 3.05) is 6.61 Å². The Kier molecular flexibility index (Phi) is 3.74. The Labute approximate surface area is 55.7 Å². The zero-order chi connectivity index (χ0) is 7.28. The van der Waals surface area contributed by atoms with E-state index in [1.54, 1.807) is 0 Å². The van der Waals surface area contributed by atoms with Crippen LogP contribution >= 0.6 is 0 Å². The lowest BCUT2D eigenvalue weighted by Gasteiger charge is -2.07. The summed E-state index contributed by atoms with van der Waals surface area (Å²) < 4.78 is 5.07. The summed E-state index contributed by atoms with van der Waals surface area (Å²) in [5.74, 6) is 0. The van der Waals surface area contributed by atoms with Crippen LogP contribution in [0.4, 0.5) is 0 Å². The molecule has 2 heteroatoms. The highest BCUT2D eigenvalue weighted by Gasteiger charge is 2.02. The summed E-state index contributed by atoms with van der Waals surface area (Å²) in [6, 6.07) is 1.93. The summed E-state index contributed by atoms with van der Waals surface area (Å²) in [5.41, 5.74) is 0.483. The maximum absolute atomic E-state index is 8.30. The first-order valence-corrected chi connectivity index (χ1v) is 2.92. The molecule has 0 heterocycles. The van der Waals surface area contributed by atoms with Gasteiger partial charge in [-0.25, -0.2) is 0 Å². The average Bonchev–Trinajstić information content (AvgIpc) is 1.87. The maximum atomic E-state index is 8.30. The molecule has 50 valence electrons. The molecule has 0 radical (unpaired) electrons. The standard InChI is InChI=1S/C7H11NO/c1-4-9-7(3)6(2)5-8/h7H,2,4H2,1,3H3. The van der Waals surface area contributed by atoms with E-state index in [-0.39, 0.29) is 6.10 Å². The molecule has 0 amide bonds. The highest BCUT2D eigenvalue weighted by Crippen LogP contribution is 2.00. The van der Waals surface area contributed by atoms with Gasteiger partial charge in [-0.15, -0.1) is 0 Å². The van der Waals surface area contributed by atoms with Crippen molar-refractivity contribution in [3.63, 3.8) is 0 Å². The second-order valence-electron chi connectivity index (χ2n) is 1.73. The van der Waals surface area contributed by atoms with Gasteiger partial charge in [-0.05, 0) is 13.8 Å². The lowest BCUT2D eigenvalue weighted by molar-refractivity contribution is 0.105. The molecule has 1 unspecified atom stereocenters. The average molecular weight is 125 g/mol. The van der Waals surface area contributed by atoms with Gasteiger partial charge in [0.2, 0.25) is 0 Å². The van der Waals surface area contributed by atoms with Crippen LogP contribution in [0.1, 0.15) is 13.8 Å². The van der Waals surface area contributed by atoms with E-state index in [2.05, 4.69) is 6.58 Å². The molecule has 0 N–H and O–H groups in total. The zero-order valence-electron chi connectivity index (χ0n) is 5.85. The molecule has 0 saturated carbocycles. The second-order valence-corrected chi connectivity index (χ2v) is 1.73. The summed E-state index contributed by atoms with van der Waals surface area (Å²) in [5, 5.41) is 8.30. The van der Waals surface area contributed by atoms with Crippen molar-refractivity contribution in [3.05, 3.63) is 12.2 Å². The molecule has 2 nitrogen and oxygen atoms in total. The Morgan fingerprint density at radius 2 is 2.44 bits per heavy atom. The number of ether oxygens (including phenoxy) is 1. The van der Waals surface area contributed by atoms with Crippen molar-refractivity contribution in [3.8, 4) is 6.07 Å². The normalized spacial score (nSPS) is 12.1. The Bertz CT molecular complexity index is 134. The minimum atomic E-state index is -0.125. The van der Waals surface area contributed by atoms with E-state index >= 15 is 0 Å². The molecule has 0 aromatic carbocycles. The third-order valence-electron chi connectivity index (χ3n) is 1.05. The van der Waals surface area contributed by atoms with Gasteiger partial charge in [0.05, 0.1) is 17.7 Å². The number of rotatable bonds is 3. The fourth-order valence-electron chi connectivity index (χ4n) is 0.441. The van der Waals surface area contributed by atoms with Crippen LogP contribution in [-0.4, -0.2) is 12.7 Å². The molecule has 0 bridgehead atoms. The van der Waals surface area contributed by atoms with Crippen molar-refractivity contribution >= 4 is 0 Å². The molecule has 0 aromatic rings. The number of hydrogen-bond acceptors (Lipinski definition) is 2. The van der Waals surface area contributed by atoms with Gasteiger partial charge in [-0.3, -0.25) is 0 Å². The maximum Gasteiger partial charge on any atom is 0.0968 e. The lowest BCUT2D eigenvalue weighted by Crippen LogP contribution is -2.08. The first-order valence-electron chi connectivity index (χ1n) is 2.92. The molecular weight excluding hydrogens is 114 g/mol. The smallest absolute Gasteiger partial charge is 0.0968 e. The number of hydrogen-bond donors (Lipinski definition) is 0. The van der Waals surface area contributed by atoms with Crippen LogP contribution in [0.2, 0.25) is 0 Å². The molecule has 0 saturated heterocycles. The Morgan fingerprint density at radius 3 is 2.78 bits per heavy atom. The SMILES string of the molecule is C=C(C#N)C(C)OCC. The van der Waals surface area contributed by atoms with E-state index in [0.717, 1.165) is 0 Å². The molecular formula is C7H11NO. The van der Waals surface area contributed by atoms with Crippen molar-refractivity contribution in [1.29, 1.82) is 5.26 Å². The van der Waals surface area contributed by atoms with E-state index in [1.165, 1.54) is 0 Å². The van der Waals surface area contributed by atoms with Gasteiger partial charge in [0.1, 0.15) is 0 Å². The first-order chi connectivity index (χ1) is 4.22. The van der Waals surface area contributed by atoms with Gasteiger partial charge in [0.25, 0.3) is 0 Å². The summed E-state index contributed by atoms with van der Waals surface area (Å²) in [6.07, 6.45) is -0.125. The zero-order valence-corrected chi connectivity index (χ0v) is 5.85. The minimum absolute atomic E-state index is 0.125. The molecule has 0 spiro atoms. The minimum Gasteiger partial charge on any atom is -0.373 e. The molecule has 0 fully saturated rings. The van der Waals surface area contributed by atoms with Crippen LogP contribution in [-0.2, 0) is 4.74 Å². The van der Waals surface area contributed by atoms with Crippen LogP contribution in [0.25, 0.3) is 0 Å². The van der Waals surface area contributed by atoms with E-state index in [4.69, 9.17) is 10.00 Å². The molecule has 0 aromatic heterocycles. The van der Waals surface area contributed by atoms with Crippen LogP contribution < -0.4 is 0 Å². The number of nitriles is 1. The Morgan fingerprint density at radius 1 is 1.89 bits per heavy atom. The Balaban J connectivity index is 3.62. The second kappa shape index (κ2) is 4.11. The van der Waals surface area contributed by atoms with Crippen molar-refractivity contribution < 1.29 is 4.74 Å². The fraction of sp³-hybridized carbons (Fsp3) is 0.571. The predicted octanol–water partition coefficient (Wildman–Crippen LogP) is 1.49. The van der Waals surface area contributed by atoms with E-state index in [0.29, 0.717) is 12.2 Å². The molecule has 9 heavy (non-hydrogen) atoms. The van der Waals surface area contributed by atoms with E-state index in [1.807, 2.05) is 19.9 Å². The van der Waals surface area contributed by atoms with Gasteiger partial charge >= 0.3 is 0 Å². The summed E-state index contributed by atoms with van der Waals surface area (Å²) >= 11 is 0. The highest BCUT2D eigenvalue weighted by molar-refractivity contribution is 5.19. The van der Waals surface area contributed by atoms with Crippen LogP contribution in [0.15, 0.2) is 12.2 Å². The molecule has 0 aliphatic rings. The quantitative estimate of drug-likeness (QED) is 0.535. The predicted molar refractivity (Wildman–Crippen MR) is 35.8 cm³/mol. The number of nitrogens with zero attached hydrogens (tertiary/aromatic N) is 1. The third-order valence-corrected chi connectivity index (χ3v) is 1.05. The van der Waals surface area contributed by atoms with Gasteiger partial charge < -0.3 is 4.74 Å². The summed E-state index contributed by atoms with van der Waals surface area (Å²) in [7, 11) is 0. The first kappa shape index (κ1) is 8.19. The van der Waals surface area contributed by atoms with Crippen LogP contribution in [0, 0.1) is 11.3 Å². The van der Waals surface area contributed by atoms with Gasteiger partial charge in [-0.1, -0.05) is 6.58 Å². The third kappa shape index (κ3) is 2.89. The van der Waals surface area contributed by atoms with Crippen molar-refractivity contribution in [1.82, 2.24) is 0 Å². The Hall–Kier alpha value is -0.810. The van der Waals surface area contributed by atoms with Crippen LogP contribution in [0.5, 0.6) is 0 Å². The molecule has 1 atom stereocenters.